The van der Waals surface area contributed by atoms with Crippen molar-refractivity contribution in [1.82, 2.24) is 9.97 Å². The number of hydrogen-bond donors (Lipinski definition) is 0. The molecule has 8 nitrogen and oxygen atoms in total. The first-order valence-electron chi connectivity index (χ1n) is 13.6. The Bertz CT molecular complexity index is 1880. The molecule has 0 amide bonds. The van der Waals surface area contributed by atoms with E-state index < -0.39 is 0 Å². The molecule has 4 aromatic heterocycles. The molecule has 1 saturated heterocycles. The molecule has 0 unspecified atom stereocenters. The van der Waals surface area contributed by atoms with Gasteiger partial charge in [0, 0.05) is 53.3 Å². The van der Waals surface area contributed by atoms with Crippen LogP contribution in [0.15, 0.2) is 75.6 Å². The van der Waals surface area contributed by atoms with E-state index in [0.717, 1.165) is 14.4 Å². The summed E-state index contributed by atoms with van der Waals surface area (Å²) in [6.45, 7) is 12.6. The molecule has 7 rings (SSSR count). The Morgan fingerprint density at radius 3 is 1.72 bits per heavy atom. The van der Waals surface area contributed by atoms with Gasteiger partial charge in [-0.05, 0) is 80.4 Å². The predicted octanol–water partition coefficient (Wildman–Crippen LogP) is 8.58. The van der Waals surface area contributed by atoms with Gasteiger partial charge in [0.15, 0.2) is 3.92 Å². The number of benzene rings is 2. The average Bonchev–Trinajstić information content (AvgIpc) is 3.82. The van der Waals surface area contributed by atoms with E-state index in [1.165, 1.54) is 35.5 Å². The van der Waals surface area contributed by atoms with Crippen LogP contribution in [0.1, 0.15) is 37.4 Å². The molecular weight excluding hydrogens is 727 g/mol. The van der Waals surface area contributed by atoms with Gasteiger partial charge < -0.3 is 9.31 Å². The van der Waals surface area contributed by atoms with Crippen LogP contribution in [-0.4, -0.2) is 40.6 Å². The summed E-state index contributed by atoms with van der Waals surface area (Å²) >= 11 is 10.1. The Morgan fingerprint density at radius 2 is 1.24 bits per heavy atom. The van der Waals surface area contributed by atoms with Crippen LogP contribution >= 0.6 is 61.3 Å². The fourth-order valence-corrected chi connectivity index (χ4v) is 7.89. The Balaban J connectivity index is 0.000000188. The maximum Gasteiger partial charge on any atom is 0.496 e. The maximum absolute atomic E-state index is 8.12. The molecule has 0 spiro atoms. The third kappa shape index (κ3) is 9.68. The van der Waals surface area contributed by atoms with Gasteiger partial charge in [-0.15, -0.1) is 45.3 Å². The summed E-state index contributed by atoms with van der Waals surface area (Å²) in [6.07, 6.45) is 4.12. The van der Waals surface area contributed by atoms with Crippen molar-refractivity contribution in [2.75, 3.05) is 0 Å². The highest BCUT2D eigenvalue weighted by Crippen LogP contribution is 2.38. The lowest BCUT2D eigenvalue weighted by Gasteiger charge is -2.32. The minimum atomic E-state index is -0.286. The predicted molar refractivity (Wildman–Crippen MR) is 190 cm³/mol. The van der Waals surface area contributed by atoms with Gasteiger partial charge in [0.25, 0.3) is 0 Å². The molecule has 1 fully saturated rings. The zero-order valence-electron chi connectivity index (χ0n) is 25.9. The largest absolute Gasteiger partial charge is 0.496 e. The van der Waals surface area contributed by atoms with Gasteiger partial charge in [-0.3, -0.25) is 0 Å². The second-order valence-electron chi connectivity index (χ2n) is 10.6. The third-order valence-electron chi connectivity index (χ3n) is 6.94. The maximum atomic E-state index is 8.12. The van der Waals surface area contributed by atoms with E-state index in [1.54, 1.807) is 40.2 Å². The fraction of sp³-hybridized carbons (Fsp3) is 0.250. The minimum absolute atomic E-state index is 0.250. The summed E-state index contributed by atoms with van der Waals surface area (Å²) in [4.78, 5) is 43.4. The van der Waals surface area contributed by atoms with Crippen molar-refractivity contribution in [3.05, 3.63) is 85.4 Å². The quantitative estimate of drug-likeness (QED) is 0.162. The van der Waals surface area contributed by atoms with Crippen LogP contribution in [0.5, 0.6) is 0 Å². The monoisotopic (exact) mass is 756 g/mol. The second kappa shape index (κ2) is 17.1. The Labute approximate surface area is 291 Å². The molecule has 1 aliphatic rings. The molecule has 0 N–H and O–H groups in total. The Morgan fingerprint density at radius 1 is 0.739 bits per heavy atom. The highest BCUT2D eigenvalue weighted by molar-refractivity contribution is 9.11. The van der Waals surface area contributed by atoms with E-state index >= 15 is 0 Å². The van der Waals surface area contributed by atoms with Gasteiger partial charge in [-0.25, -0.2) is 9.97 Å². The number of carbonyl (C=O) groups excluding carboxylic acids is 4. The average molecular weight is 758 g/mol. The number of nitrogens with zero attached hydrogens (tertiary/aromatic N) is 2. The van der Waals surface area contributed by atoms with Gasteiger partial charge in [-0.2, -0.15) is 19.2 Å². The van der Waals surface area contributed by atoms with E-state index in [1.807, 2.05) is 28.3 Å². The summed E-state index contributed by atoms with van der Waals surface area (Å²) in [6, 6.07) is 17.2. The van der Waals surface area contributed by atoms with E-state index in [9.17, 15) is 0 Å². The number of hydrogen-bond acceptors (Lipinski definition) is 12. The Hall–Kier alpha value is -3.16. The van der Waals surface area contributed by atoms with Gasteiger partial charge in [0.2, 0.25) is 0 Å². The second-order valence-corrected chi connectivity index (χ2v) is 16.2. The van der Waals surface area contributed by atoms with Crippen molar-refractivity contribution in [3.63, 3.8) is 0 Å². The molecule has 14 heteroatoms. The van der Waals surface area contributed by atoms with Crippen LogP contribution in [-0.2, 0) is 28.5 Å². The molecule has 46 heavy (non-hydrogen) atoms. The fourth-order valence-electron chi connectivity index (χ4n) is 4.29. The highest BCUT2D eigenvalue weighted by Gasteiger charge is 2.52. The lowest BCUT2D eigenvalue weighted by atomic mass is 9.78. The van der Waals surface area contributed by atoms with Crippen molar-refractivity contribution < 1.29 is 28.5 Å². The number of thiazole rings is 2. The normalized spacial score (nSPS) is 13.8. The summed E-state index contributed by atoms with van der Waals surface area (Å²) in [5.41, 5.74) is 1.84. The number of rotatable bonds is 2. The molecule has 6 aromatic rings. The SMILES string of the molecule is Brc1nccs1.Cc1cc2cccc(-c3nccs3)c2s1.Cc1cc2cccc(B3OC(C)(C)C(C)(C)O3)c2s1.O=C=O.O=C=O. The molecule has 5 heterocycles. The van der Waals surface area contributed by atoms with Gasteiger partial charge in [0.1, 0.15) is 5.01 Å². The van der Waals surface area contributed by atoms with Crippen LogP contribution in [0.25, 0.3) is 30.7 Å². The molecule has 2 aromatic carbocycles. The van der Waals surface area contributed by atoms with Crippen LogP contribution in [0.3, 0.4) is 0 Å². The molecule has 0 radical (unpaired) electrons. The summed E-state index contributed by atoms with van der Waals surface area (Å²) in [5, 5.41) is 7.65. The van der Waals surface area contributed by atoms with Crippen molar-refractivity contribution in [2.24, 2.45) is 0 Å². The van der Waals surface area contributed by atoms with Crippen molar-refractivity contribution in [2.45, 2.75) is 52.7 Å². The molecule has 238 valence electrons. The van der Waals surface area contributed by atoms with Crippen LogP contribution in [0.2, 0.25) is 0 Å². The lowest BCUT2D eigenvalue weighted by molar-refractivity contribution is -0.193. The molecule has 0 saturated carbocycles. The molecular formula is C32H30BBrN2O6S4. The first-order chi connectivity index (χ1) is 21.9. The molecule has 0 atom stereocenters. The van der Waals surface area contributed by atoms with E-state index in [2.05, 4.69) is 116 Å². The number of aryl methyl sites for hydroxylation is 2. The zero-order valence-corrected chi connectivity index (χ0v) is 30.7. The van der Waals surface area contributed by atoms with Gasteiger partial charge in [-0.1, -0.05) is 36.4 Å². The van der Waals surface area contributed by atoms with Crippen LogP contribution in [0, 0.1) is 13.8 Å². The Kier molecular flexibility index (Phi) is 13.9. The zero-order chi connectivity index (χ0) is 33.9. The topological polar surface area (TPSA) is 113 Å². The standard InChI is InChI=1S/C15H19BO2S.C12H9NS2.C3H2BrNS.2CO2/c1-10-9-11-7-6-8-12(13(11)19-10)16-17-14(2,3)15(4,5)18-16;1-8-7-9-3-2-4-10(11(9)15-8)12-13-5-6-14-12;4-3-5-1-2-6-3;2*2-1-3/h6-9H,1-5H3;2-7H,1H3;1-2H;;. The summed E-state index contributed by atoms with van der Waals surface area (Å²) in [5.74, 6) is 0. The highest BCUT2D eigenvalue weighted by atomic mass is 79.9. The number of thiophene rings is 2. The number of fused-ring (bicyclic) bond motifs is 2. The van der Waals surface area contributed by atoms with Gasteiger partial charge in [0.05, 0.1) is 11.2 Å². The van der Waals surface area contributed by atoms with Crippen molar-refractivity contribution in [3.8, 4) is 10.6 Å². The number of aromatic nitrogens is 2. The summed E-state index contributed by atoms with van der Waals surface area (Å²) < 4.78 is 15.9. The summed E-state index contributed by atoms with van der Waals surface area (Å²) in [7, 11) is -0.272. The molecule has 0 bridgehead atoms. The van der Waals surface area contributed by atoms with Crippen molar-refractivity contribution >= 4 is 106 Å². The van der Waals surface area contributed by atoms with Crippen molar-refractivity contribution in [1.29, 1.82) is 0 Å². The molecule has 0 aliphatic carbocycles. The smallest absolute Gasteiger partial charge is 0.399 e. The lowest BCUT2D eigenvalue weighted by Crippen LogP contribution is -2.41. The van der Waals surface area contributed by atoms with Crippen LogP contribution in [0.4, 0.5) is 0 Å². The number of halogens is 1. The van der Waals surface area contributed by atoms with Gasteiger partial charge >= 0.3 is 19.4 Å². The van der Waals surface area contributed by atoms with E-state index in [0.29, 0.717) is 0 Å². The third-order valence-corrected chi connectivity index (χ3v) is 11.3. The minimum Gasteiger partial charge on any atom is -0.399 e. The first kappa shape index (κ1) is 37.3. The van der Waals surface area contributed by atoms with E-state index in [4.69, 9.17) is 28.5 Å². The first-order valence-corrected chi connectivity index (χ1v) is 17.8. The van der Waals surface area contributed by atoms with E-state index in [-0.39, 0.29) is 30.6 Å². The van der Waals surface area contributed by atoms with Crippen LogP contribution < -0.4 is 5.46 Å². The molecule has 1 aliphatic heterocycles.